The normalized spacial score (nSPS) is 28.4. The van der Waals surface area contributed by atoms with Crippen molar-refractivity contribution < 1.29 is 9.59 Å². The number of nitrogens with one attached hydrogen (secondary N) is 1. The molecule has 2 fully saturated rings. The number of piperidine rings is 1. The fourth-order valence-corrected chi connectivity index (χ4v) is 4.06. The van der Waals surface area contributed by atoms with Crippen LogP contribution in [0, 0.1) is 0 Å². The number of nitrogen functional groups attached to an aromatic ring is 1. The number of benzene rings is 1. The van der Waals surface area contributed by atoms with Gasteiger partial charge in [0.1, 0.15) is 5.44 Å². The molecule has 2 saturated heterocycles. The molecule has 3 aliphatic heterocycles. The van der Waals surface area contributed by atoms with E-state index in [0.717, 1.165) is 0 Å². The summed E-state index contributed by atoms with van der Waals surface area (Å²) in [5, 5.41) is 2.66. The highest BCUT2D eigenvalue weighted by Crippen LogP contribution is 2.61. The minimum absolute atomic E-state index is 0.123. The number of hydrogen-bond acceptors (Lipinski definition) is 5. The molecule has 2 unspecified atom stereocenters. The summed E-state index contributed by atoms with van der Waals surface area (Å²) in [7, 11) is 0. The van der Waals surface area contributed by atoms with Crippen molar-refractivity contribution in [2.24, 2.45) is 0 Å². The number of anilines is 1. The van der Waals surface area contributed by atoms with Gasteiger partial charge in [0.2, 0.25) is 11.8 Å². The molecular weight excluding hydrogens is 271 g/mol. The Kier molecular flexibility index (Phi) is 1.58. The van der Waals surface area contributed by atoms with Gasteiger partial charge < -0.3 is 5.73 Å². The zero-order chi connectivity index (χ0) is 14.5. The van der Waals surface area contributed by atoms with E-state index in [1.54, 1.807) is 18.2 Å². The third kappa shape index (κ3) is 0.959. The molecule has 1 spiro atoms. The van der Waals surface area contributed by atoms with Gasteiger partial charge in [-0.25, -0.2) is 4.98 Å². The highest BCUT2D eigenvalue weighted by Gasteiger charge is 2.84. The van der Waals surface area contributed by atoms with Crippen molar-refractivity contribution in [1.82, 2.24) is 14.9 Å². The molecule has 2 amide bonds. The number of amides is 2. The molecule has 8 heteroatoms. The molecule has 0 aliphatic carbocycles. The first kappa shape index (κ1) is 11.1. The Bertz CT molecular complexity index is 952. The predicted octanol–water partition coefficient (Wildman–Crippen LogP) is -1.64. The van der Waals surface area contributed by atoms with Crippen LogP contribution >= 0.6 is 0 Å². The zero-order valence-electron chi connectivity index (χ0n) is 10.8. The zero-order valence-corrected chi connectivity index (χ0v) is 10.8. The molecule has 2 atom stereocenters. The summed E-state index contributed by atoms with van der Waals surface area (Å²) in [4.78, 5) is 40.9. The number of rotatable bonds is 0. The van der Waals surface area contributed by atoms with Crippen molar-refractivity contribution in [3.8, 4) is 0 Å². The van der Waals surface area contributed by atoms with Gasteiger partial charge in [-0.3, -0.25) is 24.3 Å². The average molecular weight is 280 g/mol. The number of fused-ring (bicyclic) bond motifs is 4. The van der Waals surface area contributed by atoms with Crippen molar-refractivity contribution >= 4 is 40.8 Å². The fourth-order valence-electron chi connectivity index (χ4n) is 4.06. The molecule has 102 valence electrons. The number of nitrogens with two attached hydrogens (primary N) is 1. The maximum atomic E-state index is 12.7. The molecule has 0 saturated carbocycles. The SMILES string of the molecule is Nc1cccc2nc3n(c(=O)c12)C12B3C1CC(=O)NC2=O. The molecule has 0 bridgehead atoms. The van der Waals surface area contributed by atoms with Gasteiger partial charge in [0.25, 0.3) is 12.3 Å². The Morgan fingerprint density at radius 2 is 2.19 bits per heavy atom. The van der Waals surface area contributed by atoms with E-state index in [2.05, 4.69) is 10.3 Å². The van der Waals surface area contributed by atoms with E-state index in [1.807, 2.05) is 0 Å². The predicted molar refractivity (Wildman–Crippen MR) is 75.3 cm³/mol. The fraction of sp³-hybridized carbons (Fsp3) is 0.231. The van der Waals surface area contributed by atoms with E-state index >= 15 is 0 Å². The van der Waals surface area contributed by atoms with Crippen LogP contribution in [0.15, 0.2) is 23.0 Å². The topological polar surface area (TPSA) is 107 Å². The van der Waals surface area contributed by atoms with E-state index in [-0.39, 0.29) is 36.3 Å². The van der Waals surface area contributed by atoms with Crippen LogP contribution in [0.2, 0.25) is 5.82 Å². The number of imide groups is 1. The van der Waals surface area contributed by atoms with Crippen LogP contribution in [0.4, 0.5) is 5.69 Å². The van der Waals surface area contributed by atoms with E-state index in [1.165, 1.54) is 4.57 Å². The van der Waals surface area contributed by atoms with Gasteiger partial charge >= 0.3 is 0 Å². The van der Waals surface area contributed by atoms with Crippen LogP contribution in [0.5, 0.6) is 0 Å². The van der Waals surface area contributed by atoms with Crippen molar-refractivity contribution in [3.63, 3.8) is 0 Å². The Morgan fingerprint density at radius 3 is 3.00 bits per heavy atom. The van der Waals surface area contributed by atoms with Crippen molar-refractivity contribution in [2.45, 2.75) is 17.7 Å². The minimum Gasteiger partial charge on any atom is -0.398 e. The monoisotopic (exact) mass is 280 g/mol. The lowest BCUT2D eigenvalue weighted by Crippen LogP contribution is -2.65. The van der Waals surface area contributed by atoms with Crippen LogP contribution in [0.1, 0.15) is 6.42 Å². The summed E-state index contributed by atoms with van der Waals surface area (Å²) >= 11 is 0. The van der Waals surface area contributed by atoms with Crippen LogP contribution in [-0.4, -0.2) is 28.1 Å². The number of carbonyl (C=O) groups excluding carboxylic acids is 2. The molecule has 21 heavy (non-hydrogen) atoms. The van der Waals surface area contributed by atoms with E-state index in [9.17, 15) is 14.4 Å². The highest BCUT2D eigenvalue weighted by molar-refractivity contribution is 6.94. The summed E-state index contributed by atoms with van der Waals surface area (Å²) in [5.74, 6) is -0.816. The van der Waals surface area contributed by atoms with Crippen LogP contribution in [-0.2, 0) is 15.0 Å². The maximum Gasteiger partial charge on any atom is 0.269 e. The van der Waals surface area contributed by atoms with Gasteiger partial charge in [0, 0.05) is 12.1 Å². The molecule has 1 aromatic carbocycles. The number of carbonyl (C=O) groups is 2. The second-order valence-corrected chi connectivity index (χ2v) is 5.84. The first-order chi connectivity index (χ1) is 10.1. The van der Waals surface area contributed by atoms with Gasteiger partial charge in [-0.15, -0.1) is 0 Å². The first-order valence-corrected chi connectivity index (χ1v) is 6.72. The van der Waals surface area contributed by atoms with Crippen molar-refractivity contribution in [2.75, 3.05) is 5.73 Å². The van der Waals surface area contributed by atoms with Gasteiger partial charge in [0.05, 0.1) is 16.6 Å². The summed E-state index contributed by atoms with van der Waals surface area (Å²) in [5.41, 5.74) is 6.16. The minimum atomic E-state index is -0.899. The van der Waals surface area contributed by atoms with Gasteiger partial charge in [-0.05, 0) is 17.9 Å². The van der Waals surface area contributed by atoms with Crippen molar-refractivity contribution in [3.05, 3.63) is 28.6 Å². The van der Waals surface area contributed by atoms with E-state index in [4.69, 9.17) is 5.73 Å². The molecule has 0 radical (unpaired) electrons. The lowest BCUT2D eigenvalue weighted by atomic mass is 9.56. The largest absolute Gasteiger partial charge is 0.398 e. The van der Waals surface area contributed by atoms with E-state index in [0.29, 0.717) is 22.3 Å². The molecule has 7 nitrogen and oxygen atoms in total. The molecule has 5 rings (SSSR count). The summed E-state index contributed by atoms with van der Waals surface area (Å²) < 4.78 is 1.43. The Morgan fingerprint density at radius 1 is 1.38 bits per heavy atom. The Labute approximate surface area is 118 Å². The van der Waals surface area contributed by atoms with E-state index < -0.39 is 5.44 Å². The lowest BCUT2D eigenvalue weighted by Gasteiger charge is -2.31. The standard InChI is InChI=1S/C13H9BN4O3/c15-5-2-1-3-6-9(5)10(20)18-12(16-6)14-7-4-8(19)17-11(21)13(7,14)18/h1-3,7H,4,15H2,(H,17,19,21). The summed E-state index contributed by atoms with van der Waals surface area (Å²) in [6.45, 7) is -0.123. The van der Waals surface area contributed by atoms with Crippen LogP contribution in [0.3, 0.4) is 0 Å². The summed E-state index contributed by atoms with van der Waals surface area (Å²) in [6, 6.07) is 5.11. The quantitative estimate of drug-likeness (QED) is 0.342. The number of aromatic nitrogens is 2. The molecule has 4 heterocycles. The Hall–Kier alpha value is -2.64. The third-order valence-electron chi connectivity index (χ3n) is 4.96. The number of nitrogens with zero attached hydrogens (tertiary/aromatic N) is 2. The van der Waals surface area contributed by atoms with Gasteiger partial charge in [-0.2, -0.15) is 0 Å². The third-order valence-corrected chi connectivity index (χ3v) is 4.96. The van der Waals surface area contributed by atoms with Crippen LogP contribution in [0.25, 0.3) is 10.9 Å². The Balaban J connectivity index is 1.84. The second-order valence-electron chi connectivity index (χ2n) is 5.84. The maximum absolute atomic E-state index is 12.7. The second kappa shape index (κ2) is 3.00. The summed E-state index contributed by atoms with van der Waals surface area (Å²) in [6.07, 6.45) is 0.255. The van der Waals surface area contributed by atoms with Gasteiger partial charge in [0.15, 0.2) is 0 Å². The first-order valence-electron chi connectivity index (χ1n) is 6.72. The highest BCUT2D eigenvalue weighted by atomic mass is 16.2. The van der Waals surface area contributed by atoms with Crippen LogP contribution < -0.4 is 22.3 Å². The molecule has 3 N–H and O–H groups in total. The average Bonchev–Trinajstić information content (AvgIpc) is 2.98. The van der Waals surface area contributed by atoms with Gasteiger partial charge in [-0.1, -0.05) is 6.07 Å². The molecule has 1 aromatic heterocycles. The molecular formula is C13H9BN4O3. The number of hydrogen-bond donors (Lipinski definition) is 2. The molecule has 2 aromatic rings. The molecule has 3 aliphatic rings. The lowest BCUT2D eigenvalue weighted by molar-refractivity contribution is -0.135. The van der Waals surface area contributed by atoms with Crippen molar-refractivity contribution in [1.29, 1.82) is 0 Å². The smallest absolute Gasteiger partial charge is 0.269 e.